The number of nitrogens with zero attached hydrogens (tertiary/aromatic N) is 3. The maximum atomic E-state index is 12.7. The molecule has 134 valence electrons. The molecule has 1 aromatic carbocycles. The highest BCUT2D eigenvalue weighted by Crippen LogP contribution is 2.17. The normalized spacial score (nSPS) is 17.6. The van der Waals surface area contributed by atoms with Crippen LogP contribution in [0.15, 0.2) is 24.3 Å². The van der Waals surface area contributed by atoms with Crippen LogP contribution in [0.25, 0.3) is 0 Å². The molecule has 1 aliphatic rings. The minimum absolute atomic E-state index is 0.0355. The Kier molecular flexibility index (Phi) is 6.54. The Bertz CT molecular complexity index is 648. The third kappa shape index (κ3) is 5.30. The van der Waals surface area contributed by atoms with Crippen molar-refractivity contribution in [2.24, 2.45) is 11.7 Å². The molecule has 1 saturated heterocycles. The van der Waals surface area contributed by atoms with Gasteiger partial charge in [0.2, 0.25) is 11.8 Å². The minimum Gasteiger partial charge on any atom is -0.369 e. The van der Waals surface area contributed by atoms with Gasteiger partial charge in [-0.1, -0.05) is 12.1 Å². The molecule has 0 saturated carbocycles. The molecular weight excluding hydrogens is 316 g/mol. The summed E-state index contributed by atoms with van der Waals surface area (Å²) in [5.74, 6) is -0.521. The molecule has 25 heavy (non-hydrogen) atoms. The summed E-state index contributed by atoms with van der Waals surface area (Å²) in [7, 11) is 0. The van der Waals surface area contributed by atoms with E-state index in [1.54, 1.807) is 17.0 Å². The summed E-state index contributed by atoms with van der Waals surface area (Å²) in [6.45, 7) is 6.17. The zero-order valence-corrected chi connectivity index (χ0v) is 14.9. The van der Waals surface area contributed by atoms with Crippen LogP contribution in [0.2, 0.25) is 0 Å². The first-order valence-corrected chi connectivity index (χ1v) is 8.71. The lowest BCUT2D eigenvalue weighted by molar-refractivity contribution is -0.136. The quantitative estimate of drug-likeness (QED) is 0.848. The summed E-state index contributed by atoms with van der Waals surface area (Å²) in [6, 6.07) is 9.73. The molecule has 1 heterocycles. The zero-order chi connectivity index (χ0) is 18.4. The molecule has 1 aliphatic heterocycles. The fraction of sp³-hybridized carbons (Fsp3) is 0.526. The average Bonchev–Trinajstić information content (AvgIpc) is 2.61. The van der Waals surface area contributed by atoms with E-state index in [1.165, 1.54) is 0 Å². The highest BCUT2D eigenvalue weighted by molar-refractivity contribution is 5.81. The van der Waals surface area contributed by atoms with Crippen LogP contribution < -0.4 is 5.73 Å². The Morgan fingerprint density at radius 3 is 2.60 bits per heavy atom. The monoisotopic (exact) mass is 342 g/mol. The number of benzene rings is 1. The van der Waals surface area contributed by atoms with Crippen LogP contribution in [-0.4, -0.2) is 47.3 Å². The zero-order valence-electron chi connectivity index (χ0n) is 14.9. The highest BCUT2D eigenvalue weighted by atomic mass is 16.2. The van der Waals surface area contributed by atoms with Crippen molar-refractivity contribution in [1.82, 2.24) is 9.80 Å². The third-order valence-electron chi connectivity index (χ3n) is 4.71. The maximum absolute atomic E-state index is 12.7. The van der Waals surface area contributed by atoms with Crippen LogP contribution in [-0.2, 0) is 16.1 Å². The van der Waals surface area contributed by atoms with E-state index in [9.17, 15) is 9.59 Å². The summed E-state index contributed by atoms with van der Waals surface area (Å²) in [6.07, 6.45) is 1.58. The van der Waals surface area contributed by atoms with Crippen LogP contribution in [0, 0.1) is 17.2 Å². The lowest BCUT2D eigenvalue weighted by Gasteiger charge is -2.34. The van der Waals surface area contributed by atoms with Gasteiger partial charge in [-0.25, -0.2) is 0 Å². The van der Waals surface area contributed by atoms with Crippen molar-refractivity contribution in [3.63, 3.8) is 0 Å². The van der Waals surface area contributed by atoms with Gasteiger partial charge in [0, 0.05) is 25.7 Å². The molecule has 6 nitrogen and oxygen atoms in total. The summed E-state index contributed by atoms with van der Waals surface area (Å²) in [4.78, 5) is 27.9. The molecule has 1 fully saturated rings. The number of rotatable bonds is 6. The van der Waals surface area contributed by atoms with Crippen molar-refractivity contribution in [3.8, 4) is 6.07 Å². The fourth-order valence-electron chi connectivity index (χ4n) is 3.05. The number of hydrogen-bond donors (Lipinski definition) is 1. The van der Waals surface area contributed by atoms with E-state index < -0.39 is 0 Å². The standard InChI is InChI=1S/C19H26N4O2/c1-14(2)23(11-16-7-5-15(10-20)6-8-16)13-18(24)22-9-3-4-17(12-22)19(21)25/h5-8,14,17H,3-4,9,11-13H2,1-2H3,(H2,21,25). The van der Waals surface area contributed by atoms with Crippen LogP contribution in [0.3, 0.4) is 0 Å². The molecular formula is C19H26N4O2. The van der Waals surface area contributed by atoms with Crippen LogP contribution in [0.5, 0.6) is 0 Å². The Morgan fingerprint density at radius 2 is 2.04 bits per heavy atom. The van der Waals surface area contributed by atoms with Gasteiger partial charge in [-0.15, -0.1) is 0 Å². The number of nitrogens with two attached hydrogens (primary N) is 1. The number of hydrogen-bond acceptors (Lipinski definition) is 4. The second-order valence-corrected chi connectivity index (χ2v) is 6.89. The predicted octanol–water partition coefficient (Wildman–Crippen LogP) is 1.49. The van der Waals surface area contributed by atoms with E-state index in [2.05, 4.69) is 24.8 Å². The molecule has 0 aromatic heterocycles. The second kappa shape index (κ2) is 8.63. The van der Waals surface area contributed by atoms with E-state index in [0.29, 0.717) is 31.7 Å². The van der Waals surface area contributed by atoms with Gasteiger partial charge in [0.15, 0.2) is 0 Å². The number of primary amides is 1. The Labute approximate surface area is 149 Å². The molecule has 2 rings (SSSR count). The van der Waals surface area contributed by atoms with Crippen molar-refractivity contribution in [1.29, 1.82) is 5.26 Å². The van der Waals surface area contributed by atoms with E-state index in [4.69, 9.17) is 11.0 Å². The lowest BCUT2D eigenvalue weighted by Crippen LogP contribution is -2.48. The first kappa shape index (κ1) is 18.9. The van der Waals surface area contributed by atoms with E-state index >= 15 is 0 Å². The number of carbonyl (C=O) groups excluding carboxylic acids is 2. The number of amides is 2. The fourth-order valence-corrected chi connectivity index (χ4v) is 3.05. The van der Waals surface area contributed by atoms with Gasteiger partial charge in [0.1, 0.15) is 0 Å². The molecule has 6 heteroatoms. The Hall–Kier alpha value is -2.39. The van der Waals surface area contributed by atoms with Crippen molar-refractivity contribution in [2.75, 3.05) is 19.6 Å². The van der Waals surface area contributed by atoms with Crippen molar-refractivity contribution < 1.29 is 9.59 Å². The number of carbonyl (C=O) groups is 2. The van der Waals surface area contributed by atoms with Gasteiger partial charge >= 0.3 is 0 Å². The van der Waals surface area contributed by atoms with Crippen molar-refractivity contribution in [3.05, 3.63) is 35.4 Å². The minimum atomic E-state index is -0.323. The van der Waals surface area contributed by atoms with Crippen LogP contribution in [0.1, 0.15) is 37.8 Å². The molecule has 2 amide bonds. The number of likely N-dealkylation sites (tertiary alicyclic amines) is 1. The van der Waals surface area contributed by atoms with E-state index in [-0.39, 0.29) is 23.8 Å². The van der Waals surface area contributed by atoms with E-state index in [0.717, 1.165) is 18.4 Å². The summed E-state index contributed by atoms with van der Waals surface area (Å²) >= 11 is 0. The lowest BCUT2D eigenvalue weighted by atomic mass is 9.97. The largest absolute Gasteiger partial charge is 0.369 e. The number of piperidine rings is 1. The molecule has 0 bridgehead atoms. The van der Waals surface area contributed by atoms with Crippen LogP contribution in [0.4, 0.5) is 0 Å². The molecule has 1 atom stereocenters. The summed E-state index contributed by atoms with van der Waals surface area (Å²) in [5, 5.41) is 8.88. The molecule has 2 N–H and O–H groups in total. The highest BCUT2D eigenvalue weighted by Gasteiger charge is 2.28. The van der Waals surface area contributed by atoms with E-state index in [1.807, 2.05) is 12.1 Å². The smallest absolute Gasteiger partial charge is 0.236 e. The van der Waals surface area contributed by atoms with Crippen molar-refractivity contribution in [2.45, 2.75) is 39.3 Å². The molecule has 0 spiro atoms. The Balaban J connectivity index is 1.99. The topological polar surface area (TPSA) is 90.4 Å². The molecule has 1 unspecified atom stereocenters. The molecule has 0 radical (unpaired) electrons. The molecule has 1 aromatic rings. The van der Waals surface area contributed by atoms with Gasteiger partial charge < -0.3 is 10.6 Å². The first-order chi connectivity index (χ1) is 11.9. The average molecular weight is 342 g/mol. The van der Waals surface area contributed by atoms with Gasteiger partial charge in [-0.3, -0.25) is 14.5 Å². The summed E-state index contributed by atoms with van der Waals surface area (Å²) in [5.41, 5.74) is 7.09. The predicted molar refractivity (Wildman–Crippen MR) is 95.2 cm³/mol. The second-order valence-electron chi connectivity index (χ2n) is 6.89. The van der Waals surface area contributed by atoms with Gasteiger partial charge in [-0.2, -0.15) is 5.26 Å². The maximum Gasteiger partial charge on any atom is 0.236 e. The Morgan fingerprint density at radius 1 is 1.36 bits per heavy atom. The van der Waals surface area contributed by atoms with Crippen molar-refractivity contribution >= 4 is 11.8 Å². The third-order valence-corrected chi connectivity index (χ3v) is 4.71. The molecule has 0 aliphatic carbocycles. The number of nitriles is 1. The first-order valence-electron chi connectivity index (χ1n) is 8.71. The van der Waals surface area contributed by atoms with Gasteiger partial charge in [0.25, 0.3) is 0 Å². The van der Waals surface area contributed by atoms with Gasteiger partial charge in [0.05, 0.1) is 24.1 Å². The SMILES string of the molecule is CC(C)N(CC(=O)N1CCCC(C(N)=O)C1)Cc1ccc(C#N)cc1. The van der Waals surface area contributed by atoms with Gasteiger partial charge in [-0.05, 0) is 44.4 Å². The summed E-state index contributed by atoms with van der Waals surface area (Å²) < 4.78 is 0. The van der Waals surface area contributed by atoms with Crippen LogP contribution >= 0.6 is 0 Å².